The van der Waals surface area contributed by atoms with Gasteiger partial charge in [-0.3, -0.25) is 0 Å². The van der Waals surface area contributed by atoms with Crippen LogP contribution in [0.25, 0.3) is 0 Å². The van der Waals surface area contributed by atoms with Crippen LogP contribution in [0.3, 0.4) is 0 Å². The third kappa shape index (κ3) is 7.38. The van der Waals surface area contributed by atoms with Crippen molar-refractivity contribution in [3.8, 4) is 5.75 Å². The number of carbonyl (C=O) groups is 1. The molecule has 1 heterocycles. The van der Waals surface area contributed by atoms with Crippen molar-refractivity contribution < 1.29 is 27.4 Å². The summed E-state index contributed by atoms with van der Waals surface area (Å²) in [4.78, 5) is 14.3. The number of ether oxygens (including phenoxy) is 3. The van der Waals surface area contributed by atoms with Crippen LogP contribution in [0, 0.1) is 0 Å². The molecule has 1 aliphatic heterocycles. The number of benzene rings is 1. The Hall–Kier alpha value is -1.80. The molecule has 0 N–H and O–H groups in total. The first-order valence-electron chi connectivity index (χ1n) is 11.1. The van der Waals surface area contributed by atoms with Crippen LogP contribution in [0.15, 0.2) is 29.2 Å². The van der Waals surface area contributed by atoms with Crippen molar-refractivity contribution in [3.05, 3.63) is 24.3 Å². The molecule has 8 heteroatoms. The predicted molar refractivity (Wildman–Crippen MR) is 118 cm³/mol. The average Bonchev–Trinajstić information content (AvgIpc) is 2.67. The van der Waals surface area contributed by atoms with Gasteiger partial charge in [0, 0.05) is 25.8 Å². The van der Waals surface area contributed by atoms with Crippen LogP contribution in [0.4, 0.5) is 4.79 Å². The van der Waals surface area contributed by atoms with E-state index < -0.39 is 15.4 Å². The van der Waals surface area contributed by atoms with Crippen molar-refractivity contribution in [1.29, 1.82) is 0 Å². The minimum Gasteiger partial charge on any atom is -0.490 e. The van der Waals surface area contributed by atoms with E-state index in [0.717, 1.165) is 38.5 Å². The molecular weight excluding hydrogens is 418 g/mol. The van der Waals surface area contributed by atoms with Crippen LogP contribution in [0.5, 0.6) is 5.75 Å². The Kier molecular flexibility index (Phi) is 7.52. The van der Waals surface area contributed by atoms with Gasteiger partial charge in [0.15, 0.2) is 9.84 Å². The molecule has 0 spiro atoms. The highest BCUT2D eigenvalue weighted by molar-refractivity contribution is 7.90. The number of sulfone groups is 1. The van der Waals surface area contributed by atoms with Crippen molar-refractivity contribution in [2.45, 2.75) is 88.1 Å². The number of carbonyl (C=O) groups excluding carboxylic acids is 1. The maximum absolute atomic E-state index is 12.2. The summed E-state index contributed by atoms with van der Waals surface area (Å²) in [7, 11) is -3.20. The van der Waals surface area contributed by atoms with E-state index in [1.807, 2.05) is 20.8 Å². The van der Waals surface area contributed by atoms with Gasteiger partial charge in [0.2, 0.25) is 0 Å². The highest BCUT2D eigenvalue weighted by atomic mass is 32.2. The topological polar surface area (TPSA) is 82.1 Å². The normalized spacial score (nSPS) is 23.4. The van der Waals surface area contributed by atoms with Gasteiger partial charge >= 0.3 is 6.09 Å². The zero-order valence-corrected chi connectivity index (χ0v) is 19.8. The number of amides is 1. The van der Waals surface area contributed by atoms with Gasteiger partial charge in [-0.05, 0) is 77.1 Å². The molecule has 1 aromatic carbocycles. The monoisotopic (exact) mass is 453 g/mol. The van der Waals surface area contributed by atoms with E-state index in [1.165, 1.54) is 6.26 Å². The maximum Gasteiger partial charge on any atom is 0.410 e. The molecule has 1 saturated carbocycles. The third-order valence-corrected chi connectivity index (χ3v) is 6.74. The number of hydrogen-bond donors (Lipinski definition) is 0. The highest BCUT2D eigenvalue weighted by Crippen LogP contribution is 2.29. The van der Waals surface area contributed by atoms with Crippen LogP contribution in [0.1, 0.15) is 59.3 Å². The molecule has 0 bridgehead atoms. The van der Waals surface area contributed by atoms with Crippen LogP contribution in [-0.2, 0) is 19.3 Å². The van der Waals surface area contributed by atoms with E-state index in [0.29, 0.717) is 23.7 Å². The van der Waals surface area contributed by atoms with Gasteiger partial charge in [-0.1, -0.05) is 0 Å². The average molecular weight is 454 g/mol. The quantitative estimate of drug-likeness (QED) is 0.665. The van der Waals surface area contributed by atoms with E-state index in [1.54, 1.807) is 29.2 Å². The molecule has 174 valence electrons. The third-order valence-electron chi connectivity index (χ3n) is 5.61. The van der Waals surface area contributed by atoms with E-state index in [2.05, 4.69) is 0 Å². The summed E-state index contributed by atoms with van der Waals surface area (Å²) < 4.78 is 41.1. The first-order valence-corrected chi connectivity index (χ1v) is 13.0. The van der Waals surface area contributed by atoms with Crippen molar-refractivity contribution >= 4 is 15.9 Å². The second kappa shape index (κ2) is 9.77. The largest absolute Gasteiger partial charge is 0.490 e. The minimum absolute atomic E-state index is 0.0599. The summed E-state index contributed by atoms with van der Waals surface area (Å²) >= 11 is 0. The molecule has 1 amide bonds. The summed E-state index contributed by atoms with van der Waals surface area (Å²) in [6.45, 7) is 6.94. The fraction of sp³-hybridized carbons (Fsp3) is 0.696. The van der Waals surface area contributed by atoms with Crippen LogP contribution >= 0.6 is 0 Å². The van der Waals surface area contributed by atoms with Crippen LogP contribution in [-0.4, -0.2) is 62.7 Å². The lowest BCUT2D eigenvalue weighted by atomic mass is 9.94. The maximum atomic E-state index is 12.2. The molecule has 1 aromatic rings. The van der Waals surface area contributed by atoms with Gasteiger partial charge in [-0.15, -0.1) is 0 Å². The Morgan fingerprint density at radius 3 is 2.16 bits per heavy atom. The van der Waals surface area contributed by atoms with Crippen molar-refractivity contribution in [2.75, 3.05) is 19.3 Å². The number of rotatable bonds is 5. The second-order valence-corrected chi connectivity index (χ2v) is 11.6. The SMILES string of the molecule is CC(C)(C)OC(=O)N1CCC(OC2CCCC(Oc3ccc(S(C)(=O)=O)cc3)C2)CC1. The number of piperidine rings is 1. The Bertz CT molecular complexity index is 838. The van der Waals surface area contributed by atoms with Crippen LogP contribution in [0.2, 0.25) is 0 Å². The summed E-state index contributed by atoms with van der Waals surface area (Å²) in [6, 6.07) is 6.60. The van der Waals surface area contributed by atoms with Gasteiger partial charge in [-0.2, -0.15) is 0 Å². The fourth-order valence-electron chi connectivity index (χ4n) is 4.06. The highest BCUT2D eigenvalue weighted by Gasteiger charge is 2.31. The lowest BCUT2D eigenvalue weighted by Crippen LogP contribution is -2.44. The molecule has 0 aromatic heterocycles. The van der Waals surface area contributed by atoms with Gasteiger partial charge in [0.1, 0.15) is 17.5 Å². The smallest absolute Gasteiger partial charge is 0.410 e. The van der Waals surface area contributed by atoms with Crippen LogP contribution < -0.4 is 4.74 Å². The van der Waals surface area contributed by atoms with Crippen molar-refractivity contribution in [1.82, 2.24) is 4.90 Å². The summed E-state index contributed by atoms with van der Waals surface area (Å²) in [5.74, 6) is 0.684. The Labute approximate surface area is 186 Å². The predicted octanol–water partition coefficient (Wildman–Crippen LogP) is 4.20. The van der Waals surface area contributed by atoms with Crippen molar-refractivity contribution in [3.63, 3.8) is 0 Å². The molecule has 2 unspecified atom stereocenters. The molecule has 2 aliphatic rings. The zero-order chi connectivity index (χ0) is 22.6. The molecule has 2 fully saturated rings. The van der Waals surface area contributed by atoms with Gasteiger partial charge in [-0.25, -0.2) is 13.2 Å². The molecule has 0 radical (unpaired) electrons. The van der Waals surface area contributed by atoms with E-state index in [9.17, 15) is 13.2 Å². The molecule has 1 aliphatic carbocycles. The Morgan fingerprint density at radius 1 is 0.968 bits per heavy atom. The van der Waals surface area contributed by atoms with Gasteiger partial charge in [0.25, 0.3) is 0 Å². The molecule has 3 rings (SSSR count). The Morgan fingerprint density at radius 2 is 1.58 bits per heavy atom. The van der Waals surface area contributed by atoms with E-state index >= 15 is 0 Å². The fourth-order valence-corrected chi connectivity index (χ4v) is 4.69. The summed E-state index contributed by atoms with van der Waals surface area (Å²) in [6.07, 6.45) is 6.76. The lowest BCUT2D eigenvalue weighted by Gasteiger charge is -2.36. The number of nitrogens with zero attached hydrogens (tertiary/aromatic N) is 1. The molecular formula is C23H35NO6S. The molecule has 31 heavy (non-hydrogen) atoms. The zero-order valence-electron chi connectivity index (χ0n) is 19.0. The first-order chi connectivity index (χ1) is 14.5. The second-order valence-electron chi connectivity index (χ2n) is 9.57. The van der Waals surface area contributed by atoms with E-state index in [-0.39, 0.29) is 24.4 Å². The van der Waals surface area contributed by atoms with Crippen molar-refractivity contribution in [2.24, 2.45) is 0 Å². The molecule has 2 atom stereocenters. The number of likely N-dealkylation sites (tertiary alicyclic amines) is 1. The molecule has 7 nitrogen and oxygen atoms in total. The standard InChI is InChI=1S/C23H35NO6S/c1-23(2,3)30-22(25)24-14-12-18(13-15-24)29-20-7-5-6-19(16-20)28-17-8-10-21(11-9-17)31(4,26)27/h8-11,18-20H,5-7,12-16H2,1-4H3. The minimum atomic E-state index is -3.20. The van der Waals surface area contributed by atoms with Gasteiger partial charge < -0.3 is 19.1 Å². The van der Waals surface area contributed by atoms with Gasteiger partial charge in [0.05, 0.1) is 17.1 Å². The summed E-state index contributed by atoms with van der Waals surface area (Å²) in [5.41, 5.74) is -0.480. The van der Waals surface area contributed by atoms with E-state index in [4.69, 9.17) is 14.2 Å². The summed E-state index contributed by atoms with van der Waals surface area (Å²) in [5, 5.41) is 0. The first kappa shape index (κ1) is 23.9. The molecule has 1 saturated heterocycles. The lowest BCUT2D eigenvalue weighted by molar-refractivity contribution is -0.0729. The Balaban J connectivity index is 1.45. The number of hydrogen-bond acceptors (Lipinski definition) is 6.